The van der Waals surface area contributed by atoms with Gasteiger partial charge in [-0.1, -0.05) is 13.3 Å². The van der Waals surface area contributed by atoms with Crippen LogP contribution in [-0.4, -0.2) is 37.8 Å². The van der Waals surface area contributed by atoms with Crippen molar-refractivity contribution in [2.75, 3.05) is 13.7 Å². The molecule has 0 aliphatic heterocycles. The molecular formula is C8H14O8. The van der Waals surface area contributed by atoms with Crippen molar-refractivity contribution in [3.05, 3.63) is 0 Å². The second-order valence-corrected chi connectivity index (χ2v) is 2.55. The number of hydrogen-bond acceptors (Lipinski definition) is 8. The normalized spacial score (nSPS) is 11.4. The largest absolute Gasteiger partial charge is 0.545 e. The Morgan fingerprint density at radius 1 is 1.25 bits per heavy atom. The molecule has 0 spiro atoms. The highest BCUT2D eigenvalue weighted by atomic mass is 17.2. The molecule has 1 unspecified atom stereocenters. The average molecular weight is 238 g/mol. The number of rotatable bonds is 6. The van der Waals surface area contributed by atoms with E-state index in [1.165, 1.54) is 0 Å². The van der Waals surface area contributed by atoms with Crippen LogP contribution in [0.1, 0.15) is 19.8 Å². The molecule has 0 rings (SSSR count). The average Bonchev–Trinajstić information content (AvgIpc) is 2.28. The Bertz CT molecular complexity index is 216. The van der Waals surface area contributed by atoms with Gasteiger partial charge in [0.25, 0.3) is 0 Å². The van der Waals surface area contributed by atoms with Crippen LogP contribution in [-0.2, 0) is 23.8 Å². The van der Waals surface area contributed by atoms with Crippen LogP contribution in [0.2, 0.25) is 0 Å². The van der Waals surface area contributed by atoms with E-state index >= 15 is 0 Å². The zero-order chi connectivity index (χ0) is 12.4. The third kappa shape index (κ3) is 6.85. The first kappa shape index (κ1) is 14.5. The van der Waals surface area contributed by atoms with Crippen molar-refractivity contribution in [3.8, 4) is 0 Å². The third-order valence-corrected chi connectivity index (χ3v) is 1.37. The second-order valence-electron chi connectivity index (χ2n) is 2.55. The summed E-state index contributed by atoms with van der Waals surface area (Å²) in [6.07, 6.45) is -0.972. The molecule has 0 saturated heterocycles. The van der Waals surface area contributed by atoms with Gasteiger partial charge in [-0.25, -0.2) is 9.59 Å². The van der Waals surface area contributed by atoms with Crippen LogP contribution >= 0.6 is 0 Å². The molecule has 0 aliphatic rings. The molecule has 0 bridgehead atoms. The molecule has 0 aromatic carbocycles. The van der Waals surface area contributed by atoms with Crippen molar-refractivity contribution in [1.29, 1.82) is 0 Å². The Morgan fingerprint density at radius 3 is 2.38 bits per heavy atom. The van der Waals surface area contributed by atoms with Crippen LogP contribution in [0, 0.1) is 0 Å². The van der Waals surface area contributed by atoms with Gasteiger partial charge < -0.3 is 18.9 Å². The standard InChI is InChI=1S/C8H14O8/c1-3-4-5-13-6(9)14-8(12-2)15-7(10)16-11/h8,11H,3-5H2,1-2H3. The summed E-state index contributed by atoms with van der Waals surface area (Å²) < 4.78 is 17.6. The van der Waals surface area contributed by atoms with Crippen molar-refractivity contribution in [3.63, 3.8) is 0 Å². The van der Waals surface area contributed by atoms with Gasteiger partial charge in [0.15, 0.2) is 0 Å². The van der Waals surface area contributed by atoms with Crippen LogP contribution in [0.25, 0.3) is 0 Å². The zero-order valence-electron chi connectivity index (χ0n) is 9.00. The fourth-order valence-corrected chi connectivity index (χ4v) is 0.633. The van der Waals surface area contributed by atoms with E-state index in [0.29, 0.717) is 6.42 Å². The molecule has 0 aromatic rings. The summed E-state index contributed by atoms with van der Waals surface area (Å²) in [5, 5.41) is 7.88. The van der Waals surface area contributed by atoms with E-state index in [2.05, 4.69) is 23.8 Å². The highest BCUT2D eigenvalue weighted by Crippen LogP contribution is 2.01. The maximum atomic E-state index is 10.9. The van der Waals surface area contributed by atoms with E-state index in [-0.39, 0.29) is 6.61 Å². The fourth-order valence-electron chi connectivity index (χ4n) is 0.633. The van der Waals surface area contributed by atoms with Crippen LogP contribution in [0.15, 0.2) is 0 Å². The topological polar surface area (TPSA) is 101 Å². The van der Waals surface area contributed by atoms with Crippen LogP contribution < -0.4 is 0 Å². The van der Waals surface area contributed by atoms with E-state index in [0.717, 1.165) is 13.5 Å². The lowest BCUT2D eigenvalue weighted by atomic mass is 10.4. The number of unbranched alkanes of at least 4 members (excludes halogenated alkanes) is 1. The molecule has 1 atom stereocenters. The number of hydrogen-bond donors (Lipinski definition) is 1. The van der Waals surface area contributed by atoms with Crippen molar-refractivity contribution in [2.45, 2.75) is 26.2 Å². The molecule has 16 heavy (non-hydrogen) atoms. The van der Waals surface area contributed by atoms with E-state index < -0.39 is 18.8 Å². The summed E-state index contributed by atoms with van der Waals surface area (Å²) in [4.78, 5) is 24.5. The van der Waals surface area contributed by atoms with Gasteiger partial charge in [0.05, 0.1) is 6.61 Å². The Hall–Kier alpha value is -1.54. The van der Waals surface area contributed by atoms with Crippen molar-refractivity contribution in [2.24, 2.45) is 0 Å². The SMILES string of the molecule is CCCCOC(=O)OC(OC)OC(=O)OO. The van der Waals surface area contributed by atoms with E-state index in [1.807, 2.05) is 6.92 Å². The number of carbonyl (C=O) groups excluding carboxylic acids is 2. The second kappa shape index (κ2) is 8.74. The zero-order valence-corrected chi connectivity index (χ0v) is 9.00. The van der Waals surface area contributed by atoms with Gasteiger partial charge in [0.2, 0.25) is 0 Å². The Labute approximate surface area is 91.9 Å². The van der Waals surface area contributed by atoms with Crippen molar-refractivity contribution < 1.29 is 38.7 Å². The minimum absolute atomic E-state index is 0.191. The lowest BCUT2D eigenvalue weighted by molar-refractivity contribution is -0.270. The molecule has 0 aliphatic carbocycles. The lowest BCUT2D eigenvalue weighted by Crippen LogP contribution is -2.26. The monoisotopic (exact) mass is 238 g/mol. The Kier molecular flexibility index (Phi) is 7.90. The predicted molar refractivity (Wildman–Crippen MR) is 48.3 cm³/mol. The quantitative estimate of drug-likeness (QED) is 0.244. The number of ether oxygens (including phenoxy) is 4. The smallest absolute Gasteiger partial charge is 0.434 e. The first-order chi connectivity index (χ1) is 7.63. The highest BCUT2D eigenvalue weighted by Gasteiger charge is 2.20. The van der Waals surface area contributed by atoms with Crippen molar-refractivity contribution >= 4 is 12.3 Å². The molecule has 0 radical (unpaired) electrons. The molecular weight excluding hydrogens is 224 g/mol. The van der Waals surface area contributed by atoms with Gasteiger partial charge in [-0.3, -0.25) is 4.89 Å². The number of methoxy groups -OCH3 is 1. The van der Waals surface area contributed by atoms with Gasteiger partial charge in [-0.05, 0) is 6.42 Å². The molecule has 0 aromatic heterocycles. The van der Waals surface area contributed by atoms with Gasteiger partial charge in [-0.2, -0.15) is 5.26 Å². The van der Waals surface area contributed by atoms with Crippen LogP contribution in [0.5, 0.6) is 0 Å². The Morgan fingerprint density at radius 2 is 1.88 bits per heavy atom. The van der Waals surface area contributed by atoms with Gasteiger partial charge in [0.1, 0.15) is 0 Å². The van der Waals surface area contributed by atoms with Gasteiger partial charge in [0, 0.05) is 7.11 Å². The molecule has 8 nitrogen and oxygen atoms in total. The summed E-state index contributed by atoms with van der Waals surface area (Å²) >= 11 is 0. The molecule has 0 fully saturated rings. The summed E-state index contributed by atoms with van der Waals surface area (Å²) in [6.45, 7) is 0.484. The molecule has 0 saturated carbocycles. The van der Waals surface area contributed by atoms with Gasteiger partial charge >= 0.3 is 18.8 Å². The van der Waals surface area contributed by atoms with Gasteiger partial charge in [-0.15, -0.1) is 0 Å². The molecule has 0 heterocycles. The molecule has 94 valence electrons. The van der Waals surface area contributed by atoms with E-state index in [9.17, 15) is 9.59 Å². The minimum atomic E-state index is -1.63. The first-order valence-electron chi connectivity index (χ1n) is 4.52. The van der Waals surface area contributed by atoms with E-state index in [4.69, 9.17) is 5.26 Å². The summed E-state index contributed by atoms with van der Waals surface area (Å²) in [5.74, 6) is 0. The maximum absolute atomic E-state index is 10.9. The van der Waals surface area contributed by atoms with Crippen LogP contribution in [0.3, 0.4) is 0 Å². The van der Waals surface area contributed by atoms with Crippen molar-refractivity contribution in [1.82, 2.24) is 0 Å². The fraction of sp³-hybridized carbons (Fsp3) is 0.750. The summed E-state index contributed by atoms with van der Waals surface area (Å²) in [6, 6.07) is 0. The summed E-state index contributed by atoms with van der Waals surface area (Å²) in [5.41, 5.74) is 0. The number of carbonyl (C=O) groups is 2. The lowest BCUT2D eigenvalue weighted by Gasteiger charge is -2.14. The molecule has 1 N–H and O–H groups in total. The third-order valence-electron chi connectivity index (χ3n) is 1.37. The maximum Gasteiger partial charge on any atom is 0.545 e. The Balaban J connectivity index is 3.83. The van der Waals surface area contributed by atoms with E-state index in [1.54, 1.807) is 0 Å². The summed E-state index contributed by atoms with van der Waals surface area (Å²) in [7, 11) is 1.12. The predicted octanol–water partition coefficient (Wildman–Crippen LogP) is 1.50. The molecule has 8 heteroatoms. The highest BCUT2D eigenvalue weighted by molar-refractivity contribution is 5.61. The first-order valence-corrected chi connectivity index (χ1v) is 4.52. The van der Waals surface area contributed by atoms with Crippen LogP contribution in [0.4, 0.5) is 9.59 Å². The molecule has 0 amide bonds. The minimum Gasteiger partial charge on any atom is -0.434 e.